The van der Waals surface area contributed by atoms with E-state index < -0.39 is 0 Å². The largest absolute Gasteiger partial charge is 0.457 e. The van der Waals surface area contributed by atoms with E-state index in [1.54, 1.807) is 12.1 Å². The van der Waals surface area contributed by atoms with E-state index in [9.17, 15) is 4.39 Å². The molecule has 3 rings (SSSR count). The Bertz CT molecular complexity index is 881. The minimum atomic E-state index is -0.257. The Hall–Kier alpha value is -2.61. The average molecular weight is 362 g/mol. The summed E-state index contributed by atoms with van der Waals surface area (Å²) >= 11 is 0. The van der Waals surface area contributed by atoms with E-state index in [0.717, 1.165) is 25.0 Å². The first-order valence-corrected chi connectivity index (χ1v) is 9.52. The van der Waals surface area contributed by atoms with Crippen molar-refractivity contribution in [3.05, 3.63) is 95.3 Å². The maximum absolute atomic E-state index is 13.0. The van der Waals surface area contributed by atoms with Crippen LogP contribution >= 0.6 is 0 Å². The molecule has 0 aliphatic heterocycles. The molecule has 0 radical (unpaired) electrons. The van der Waals surface area contributed by atoms with Crippen LogP contribution < -0.4 is 4.74 Å². The van der Waals surface area contributed by atoms with Gasteiger partial charge in [0, 0.05) is 0 Å². The van der Waals surface area contributed by atoms with Gasteiger partial charge in [-0.25, -0.2) is 4.39 Å². The van der Waals surface area contributed by atoms with Crippen LogP contribution in [0.2, 0.25) is 0 Å². The fourth-order valence-corrected chi connectivity index (χ4v) is 3.35. The van der Waals surface area contributed by atoms with Gasteiger partial charge in [-0.1, -0.05) is 55.8 Å². The predicted molar refractivity (Wildman–Crippen MR) is 110 cm³/mol. The summed E-state index contributed by atoms with van der Waals surface area (Å²) in [6, 6.07) is 23.1. The standard InChI is InChI=1S/C25H27FO/c1-19-7-4-10-21(17-19)25(2,3)16-6-9-20-8-5-11-24(18-20)27-23-14-12-22(26)13-15-23/h4-5,7-8,10-15,17-18H,6,9,16H2,1-3H3. The molecule has 2 heteroatoms. The van der Waals surface area contributed by atoms with Gasteiger partial charge in [-0.05, 0) is 79.1 Å². The Morgan fingerprint density at radius 1 is 0.852 bits per heavy atom. The molecule has 1 nitrogen and oxygen atoms in total. The van der Waals surface area contributed by atoms with Crippen LogP contribution in [0.5, 0.6) is 11.5 Å². The summed E-state index contributed by atoms with van der Waals surface area (Å²) in [6.07, 6.45) is 3.25. The van der Waals surface area contributed by atoms with Crippen LogP contribution in [-0.2, 0) is 11.8 Å². The van der Waals surface area contributed by atoms with E-state index >= 15 is 0 Å². The quantitative estimate of drug-likeness (QED) is 0.431. The van der Waals surface area contributed by atoms with E-state index in [1.807, 2.05) is 12.1 Å². The Balaban J connectivity index is 1.59. The summed E-state index contributed by atoms with van der Waals surface area (Å²) in [5, 5.41) is 0. The van der Waals surface area contributed by atoms with E-state index in [1.165, 1.54) is 28.8 Å². The molecule has 0 aromatic heterocycles. The zero-order chi connectivity index (χ0) is 19.3. The topological polar surface area (TPSA) is 9.23 Å². The maximum atomic E-state index is 13.0. The van der Waals surface area contributed by atoms with Gasteiger partial charge in [-0.3, -0.25) is 0 Å². The molecule has 0 spiro atoms. The van der Waals surface area contributed by atoms with Crippen molar-refractivity contribution in [1.29, 1.82) is 0 Å². The van der Waals surface area contributed by atoms with E-state index in [2.05, 4.69) is 57.2 Å². The summed E-state index contributed by atoms with van der Waals surface area (Å²) in [4.78, 5) is 0. The van der Waals surface area contributed by atoms with Gasteiger partial charge in [0.1, 0.15) is 17.3 Å². The summed E-state index contributed by atoms with van der Waals surface area (Å²) in [6.45, 7) is 6.78. The lowest BCUT2D eigenvalue weighted by molar-refractivity contribution is 0.459. The highest BCUT2D eigenvalue weighted by Gasteiger charge is 2.20. The molecule has 0 saturated carbocycles. The zero-order valence-corrected chi connectivity index (χ0v) is 16.3. The van der Waals surface area contributed by atoms with Crippen molar-refractivity contribution in [2.24, 2.45) is 0 Å². The van der Waals surface area contributed by atoms with Crippen LogP contribution in [-0.4, -0.2) is 0 Å². The van der Waals surface area contributed by atoms with Gasteiger partial charge in [0.25, 0.3) is 0 Å². The third kappa shape index (κ3) is 5.43. The average Bonchev–Trinajstić information content (AvgIpc) is 2.64. The first kappa shape index (κ1) is 19.2. The highest BCUT2D eigenvalue weighted by atomic mass is 19.1. The van der Waals surface area contributed by atoms with Crippen molar-refractivity contribution in [2.75, 3.05) is 0 Å². The fourth-order valence-electron chi connectivity index (χ4n) is 3.35. The summed E-state index contributed by atoms with van der Waals surface area (Å²) in [5.74, 6) is 1.18. The van der Waals surface area contributed by atoms with Crippen molar-refractivity contribution in [2.45, 2.75) is 45.4 Å². The van der Waals surface area contributed by atoms with Crippen LogP contribution in [0.25, 0.3) is 0 Å². The van der Waals surface area contributed by atoms with Gasteiger partial charge < -0.3 is 4.74 Å². The molecule has 0 amide bonds. The van der Waals surface area contributed by atoms with E-state index in [0.29, 0.717) is 5.75 Å². The predicted octanol–water partition coefficient (Wildman–Crippen LogP) is 7.23. The third-order valence-electron chi connectivity index (χ3n) is 5.01. The Morgan fingerprint density at radius 2 is 1.59 bits per heavy atom. The number of rotatable bonds is 7. The molecule has 3 aromatic rings. The number of aryl methyl sites for hydroxylation is 2. The van der Waals surface area contributed by atoms with Crippen molar-refractivity contribution >= 4 is 0 Å². The molecule has 0 N–H and O–H groups in total. The maximum Gasteiger partial charge on any atom is 0.127 e. The monoisotopic (exact) mass is 362 g/mol. The van der Waals surface area contributed by atoms with Crippen molar-refractivity contribution < 1.29 is 9.13 Å². The van der Waals surface area contributed by atoms with Crippen LogP contribution in [0.4, 0.5) is 4.39 Å². The molecule has 0 bridgehead atoms. The van der Waals surface area contributed by atoms with Gasteiger partial charge in [0.15, 0.2) is 0 Å². The molecule has 27 heavy (non-hydrogen) atoms. The van der Waals surface area contributed by atoms with Gasteiger partial charge in [-0.2, -0.15) is 0 Å². The van der Waals surface area contributed by atoms with Gasteiger partial charge in [-0.15, -0.1) is 0 Å². The number of benzene rings is 3. The molecule has 140 valence electrons. The first-order valence-electron chi connectivity index (χ1n) is 9.52. The third-order valence-corrected chi connectivity index (χ3v) is 5.01. The molecule has 0 unspecified atom stereocenters. The molecular weight excluding hydrogens is 335 g/mol. The number of hydrogen-bond donors (Lipinski definition) is 0. The normalized spacial score (nSPS) is 11.4. The summed E-state index contributed by atoms with van der Waals surface area (Å²) in [5.41, 5.74) is 4.13. The van der Waals surface area contributed by atoms with Crippen LogP contribution in [0, 0.1) is 12.7 Å². The summed E-state index contributed by atoms with van der Waals surface area (Å²) < 4.78 is 18.9. The Morgan fingerprint density at radius 3 is 2.33 bits per heavy atom. The van der Waals surface area contributed by atoms with Crippen molar-refractivity contribution in [3.8, 4) is 11.5 Å². The van der Waals surface area contributed by atoms with Gasteiger partial charge >= 0.3 is 0 Å². The lowest BCUT2D eigenvalue weighted by atomic mass is 9.79. The smallest absolute Gasteiger partial charge is 0.127 e. The van der Waals surface area contributed by atoms with E-state index in [-0.39, 0.29) is 11.2 Å². The second-order valence-electron chi connectivity index (χ2n) is 7.81. The second kappa shape index (κ2) is 8.39. The molecule has 0 saturated heterocycles. The Kier molecular flexibility index (Phi) is 5.95. The van der Waals surface area contributed by atoms with Crippen molar-refractivity contribution in [3.63, 3.8) is 0 Å². The van der Waals surface area contributed by atoms with E-state index in [4.69, 9.17) is 4.74 Å². The Labute approximate surface area is 161 Å². The van der Waals surface area contributed by atoms with Gasteiger partial charge in [0.05, 0.1) is 0 Å². The molecule has 0 atom stereocenters. The van der Waals surface area contributed by atoms with Gasteiger partial charge in [0.2, 0.25) is 0 Å². The zero-order valence-electron chi connectivity index (χ0n) is 16.3. The molecule has 3 aromatic carbocycles. The number of halogens is 1. The second-order valence-corrected chi connectivity index (χ2v) is 7.81. The lowest BCUT2D eigenvalue weighted by Crippen LogP contribution is -2.17. The minimum Gasteiger partial charge on any atom is -0.457 e. The first-order chi connectivity index (χ1) is 12.9. The lowest BCUT2D eigenvalue weighted by Gasteiger charge is -2.25. The SMILES string of the molecule is Cc1cccc(C(C)(C)CCCc2cccc(Oc3ccc(F)cc3)c2)c1. The molecule has 0 aliphatic carbocycles. The van der Waals surface area contributed by atoms with Crippen LogP contribution in [0.15, 0.2) is 72.8 Å². The molecular formula is C25H27FO. The summed E-state index contributed by atoms with van der Waals surface area (Å²) in [7, 11) is 0. The number of hydrogen-bond acceptors (Lipinski definition) is 1. The fraction of sp³-hybridized carbons (Fsp3) is 0.280. The molecule has 0 aliphatic rings. The highest BCUT2D eigenvalue weighted by Crippen LogP contribution is 2.30. The number of ether oxygens (including phenoxy) is 1. The van der Waals surface area contributed by atoms with Crippen LogP contribution in [0.3, 0.4) is 0 Å². The molecule has 0 heterocycles. The van der Waals surface area contributed by atoms with Crippen LogP contribution in [0.1, 0.15) is 43.4 Å². The highest BCUT2D eigenvalue weighted by molar-refractivity contribution is 5.34. The minimum absolute atomic E-state index is 0.161. The molecule has 0 fully saturated rings. The van der Waals surface area contributed by atoms with Crippen molar-refractivity contribution in [1.82, 2.24) is 0 Å².